The minimum absolute atomic E-state index is 0.0194. The number of carbonyl (C=O) groups is 2. The average Bonchev–Trinajstić information content (AvgIpc) is 3.32. The number of halogens is 2. The van der Waals surface area contributed by atoms with Crippen molar-refractivity contribution < 1.29 is 27.8 Å². The zero-order valence-corrected chi connectivity index (χ0v) is 14.9. The van der Waals surface area contributed by atoms with E-state index in [9.17, 15) is 18.4 Å². The van der Waals surface area contributed by atoms with Gasteiger partial charge in [0.05, 0.1) is 24.8 Å². The quantitative estimate of drug-likeness (QED) is 0.804. The summed E-state index contributed by atoms with van der Waals surface area (Å²) in [7, 11) is 0. The highest BCUT2D eigenvalue weighted by Gasteiger charge is 2.40. The van der Waals surface area contributed by atoms with Crippen LogP contribution in [0.1, 0.15) is 19.3 Å². The van der Waals surface area contributed by atoms with Gasteiger partial charge in [-0.05, 0) is 25.0 Å². The molecule has 27 heavy (non-hydrogen) atoms. The standard InChI is InChI=1S/C19H22F2N2O4/c20-14-1-2-16(15(21)10-14)23-11-13(9-17(23)24)18(25)22-5-3-12(4-6-22)19-26-7-8-27-19/h1-2,10,12-13,19H,3-9,11H2. The fraction of sp³-hybridized carbons (Fsp3) is 0.579. The van der Waals surface area contributed by atoms with E-state index in [0.29, 0.717) is 26.3 Å². The maximum Gasteiger partial charge on any atom is 0.228 e. The molecule has 0 N–H and O–H groups in total. The fourth-order valence-electron chi connectivity index (χ4n) is 4.11. The van der Waals surface area contributed by atoms with E-state index < -0.39 is 17.6 Å². The maximum atomic E-state index is 14.0. The Morgan fingerprint density at radius 3 is 2.48 bits per heavy atom. The third kappa shape index (κ3) is 3.68. The van der Waals surface area contributed by atoms with Crippen LogP contribution >= 0.6 is 0 Å². The molecule has 1 aromatic carbocycles. The molecule has 1 aromatic rings. The summed E-state index contributed by atoms with van der Waals surface area (Å²) >= 11 is 0. The Bertz CT molecular complexity index is 730. The molecule has 0 radical (unpaired) electrons. The van der Waals surface area contributed by atoms with Crippen LogP contribution in [0.5, 0.6) is 0 Å². The summed E-state index contributed by atoms with van der Waals surface area (Å²) in [5.74, 6) is -2.12. The van der Waals surface area contributed by atoms with E-state index in [4.69, 9.17) is 9.47 Å². The lowest BCUT2D eigenvalue weighted by atomic mass is 9.95. The van der Waals surface area contributed by atoms with Gasteiger partial charge in [0.2, 0.25) is 11.8 Å². The summed E-state index contributed by atoms with van der Waals surface area (Å²) < 4.78 is 38.2. The Morgan fingerprint density at radius 2 is 1.81 bits per heavy atom. The van der Waals surface area contributed by atoms with Crippen LogP contribution in [0.4, 0.5) is 14.5 Å². The van der Waals surface area contributed by atoms with Crippen molar-refractivity contribution in [3.8, 4) is 0 Å². The molecule has 3 saturated heterocycles. The first-order valence-corrected chi connectivity index (χ1v) is 9.30. The molecule has 3 fully saturated rings. The first-order chi connectivity index (χ1) is 13.0. The van der Waals surface area contributed by atoms with E-state index in [1.54, 1.807) is 4.90 Å². The first-order valence-electron chi connectivity index (χ1n) is 9.30. The van der Waals surface area contributed by atoms with Gasteiger partial charge in [-0.2, -0.15) is 0 Å². The molecule has 0 aliphatic carbocycles. The van der Waals surface area contributed by atoms with Crippen molar-refractivity contribution in [2.45, 2.75) is 25.6 Å². The normalized spacial score (nSPS) is 24.8. The van der Waals surface area contributed by atoms with Gasteiger partial charge in [0, 0.05) is 38.0 Å². The molecule has 3 aliphatic rings. The molecule has 4 rings (SSSR count). The zero-order chi connectivity index (χ0) is 19.0. The number of hydrogen-bond acceptors (Lipinski definition) is 4. The molecule has 3 aliphatic heterocycles. The molecular formula is C19H22F2N2O4. The van der Waals surface area contributed by atoms with Gasteiger partial charge in [-0.3, -0.25) is 9.59 Å². The monoisotopic (exact) mass is 380 g/mol. The third-order valence-electron chi connectivity index (χ3n) is 5.56. The second-order valence-electron chi connectivity index (χ2n) is 7.27. The van der Waals surface area contributed by atoms with Gasteiger partial charge in [-0.1, -0.05) is 0 Å². The predicted octanol–water partition coefficient (Wildman–Crippen LogP) is 1.93. The van der Waals surface area contributed by atoms with Crippen LogP contribution in [-0.2, 0) is 19.1 Å². The topological polar surface area (TPSA) is 59.1 Å². The summed E-state index contributed by atoms with van der Waals surface area (Å²) in [6.45, 7) is 2.55. The second-order valence-corrected chi connectivity index (χ2v) is 7.27. The highest BCUT2D eigenvalue weighted by atomic mass is 19.1. The van der Waals surface area contributed by atoms with Crippen LogP contribution in [0.25, 0.3) is 0 Å². The van der Waals surface area contributed by atoms with Crippen molar-refractivity contribution >= 4 is 17.5 Å². The SMILES string of the molecule is O=C(C1CC(=O)N(c2ccc(F)cc2F)C1)N1CCC(C2OCCO2)CC1. The first kappa shape index (κ1) is 18.3. The summed E-state index contributed by atoms with van der Waals surface area (Å²) in [6, 6.07) is 3.09. The lowest BCUT2D eigenvalue weighted by Crippen LogP contribution is -2.44. The van der Waals surface area contributed by atoms with E-state index >= 15 is 0 Å². The molecule has 6 nitrogen and oxygen atoms in total. The predicted molar refractivity (Wildman–Crippen MR) is 91.8 cm³/mol. The van der Waals surface area contributed by atoms with Crippen LogP contribution in [0.2, 0.25) is 0 Å². The Hall–Kier alpha value is -2.06. The lowest BCUT2D eigenvalue weighted by Gasteiger charge is -2.35. The molecule has 0 bridgehead atoms. The Balaban J connectivity index is 1.36. The van der Waals surface area contributed by atoms with Crippen molar-refractivity contribution in [2.75, 3.05) is 37.7 Å². The van der Waals surface area contributed by atoms with Gasteiger partial charge >= 0.3 is 0 Å². The zero-order valence-electron chi connectivity index (χ0n) is 14.9. The van der Waals surface area contributed by atoms with Gasteiger partial charge < -0.3 is 19.3 Å². The van der Waals surface area contributed by atoms with Crippen molar-refractivity contribution in [2.24, 2.45) is 11.8 Å². The number of likely N-dealkylation sites (tertiary alicyclic amines) is 1. The fourth-order valence-corrected chi connectivity index (χ4v) is 4.11. The number of anilines is 1. The van der Waals surface area contributed by atoms with Crippen molar-refractivity contribution in [3.05, 3.63) is 29.8 Å². The number of rotatable bonds is 3. The van der Waals surface area contributed by atoms with Crippen LogP contribution in [0, 0.1) is 23.5 Å². The number of benzene rings is 1. The van der Waals surface area contributed by atoms with Crippen molar-refractivity contribution in [1.82, 2.24) is 4.90 Å². The van der Waals surface area contributed by atoms with Crippen LogP contribution in [0.15, 0.2) is 18.2 Å². The number of amides is 2. The molecule has 3 heterocycles. The highest BCUT2D eigenvalue weighted by molar-refractivity contribution is 6.00. The number of piperidine rings is 1. The molecule has 0 saturated carbocycles. The minimum Gasteiger partial charge on any atom is -0.350 e. The molecule has 146 valence electrons. The van der Waals surface area contributed by atoms with Crippen molar-refractivity contribution in [3.63, 3.8) is 0 Å². The molecule has 0 spiro atoms. The number of ether oxygens (including phenoxy) is 2. The second kappa shape index (κ2) is 7.52. The van der Waals surface area contributed by atoms with E-state index in [1.165, 1.54) is 11.0 Å². The van der Waals surface area contributed by atoms with Crippen molar-refractivity contribution in [1.29, 1.82) is 0 Å². The van der Waals surface area contributed by atoms with Gasteiger partial charge in [0.15, 0.2) is 6.29 Å². The Morgan fingerprint density at radius 1 is 1.11 bits per heavy atom. The number of hydrogen-bond donors (Lipinski definition) is 0. The molecule has 1 atom stereocenters. The maximum absolute atomic E-state index is 14.0. The number of nitrogens with zero attached hydrogens (tertiary/aromatic N) is 2. The highest BCUT2D eigenvalue weighted by Crippen LogP contribution is 2.31. The largest absolute Gasteiger partial charge is 0.350 e. The summed E-state index contributed by atoms with van der Waals surface area (Å²) in [5, 5.41) is 0. The minimum atomic E-state index is -0.797. The van der Waals surface area contributed by atoms with E-state index in [0.717, 1.165) is 25.0 Å². The van der Waals surface area contributed by atoms with Crippen LogP contribution < -0.4 is 4.90 Å². The van der Waals surface area contributed by atoms with Gasteiger partial charge in [-0.25, -0.2) is 8.78 Å². The Kier molecular flexibility index (Phi) is 5.10. The van der Waals surface area contributed by atoms with Gasteiger partial charge in [0.25, 0.3) is 0 Å². The van der Waals surface area contributed by atoms with E-state index in [2.05, 4.69) is 0 Å². The molecule has 8 heteroatoms. The summed E-state index contributed by atoms with van der Waals surface area (Å²) in [6.07, 6.45) is 1.47. The summed E-state index contributed by atoms with van der Waals surface area (Å²) in [5.41, 5.74) is 0.0194. The van der Waals surface area contributed by atoms with E-state index in [1.807, 2.05) is 0 Å². The number of carbonyl (C=O) groups excluding carboxylic acids is 2. The molecule has 2 amide bonds. The van der Waals surface area contributed by atoms with Gasteiger partial charge in [-0.15, -0.1) is 0 Å². The lowest BCUT2D eigenvalue weighted by molar-refractivity contribution is -0.140. The smallest absolute Gasteiger partial charge is 0.228 e. The molecule has 0 aromatic heterocycles. The Labute approximate surface area is 156 Å². The van der Waals surface area contributed by atoms with E-state index in [-0.39, 0.29) is 42.7 Å². The van der Waals surface area contributed by atoms with Crippen LogP contribution in [-0.4, -0.2) is 55.9 Å². The molecular weight excluding hydrogens is 358 g/mol. The van der Waals surface area contributed by atoms with Gasteiger partial charge in [0.1, 0.15) is 11.6 Å². The average molecular weight is 380 g/mol. The third-order valence-corrected chi connectivity index (χ3v) is 5.56. The molecule has 1 unspecified atom stereocenters. The summed E-state index contributed by atoms with van der Waals surface area (Å²) in [4.78, 5) is 28.1. The van der Waals surface area contributed by atoms with Crippen LogP contribution in [0.3, 0.4) is 0 Å².